The van der Waals surface area contributed by atoms with Crippen LogP contribution in [0.4, 0.5) is 14.5 Å². The standard InChI is InChI=1S/C16H16F2N2O/c1-10(15-13(17)7-4-8-14(15)18)20-12-6-3-5-11(9-12)16(21)19-2/h3-10,20H,1-2H3,(H,19,21). The van der Waals surface area contributed by atoms with Crippen molar-refractivity contribution < 1.29 is 13.6 Å². The van der Waals surface area contributed by atoms with E-state index in [1.165, 1.54) is 18.2 Å². The SMILES string of the molecule is CNC(=O)c1cccc(NC(C)c2c(F)cccc2F)c1. The molecule has 0 aliphatic rings. The highest BCUT2D eigenvalue weighted by Gasteiger charge is 2.16. The highest BCUT2D eigenvalue weighted by molar-refractivity contribution is 5.94. The number of rotatable bonds is 4. The molecule has 0 bridgehead atoms. The summed E-state index contributed by atoms with van der Waals surface area (Å²) in [5, 5.41) is 5.52. The molecule has 2 N–H and O–H groups in total. The van der Waals surface area contributed by atoms with E-state index >= 15 is 0 Å². The maximum Gasteiger partial charge on any atom is 0.251 e. The summed E-state index contributed by atoms with van der Waals surface area (Å²) in [5.74, 6) is -1.42. The Balaban J connectivity index is 2.24. The molecule has 2 rings (SSSR count). The lowest BCUT2D eigenvalue weighted by atomic mass is 10.1. The number of anilines is 1. The maximum atomic E-state index is 13.7. The van der Waals surface area contributed by atoms with Gasteiger partial charge in [0.1, 0.15) is 11.6 Å². The molecule has 1 unspecified atom stereocenters. The van der Waals surface area contributed by atoms with Crippen LogP contribution in [0.1, 0.15) is 28.9 Å². The van der Waals surface area contributed by atoms with Crippen LogP contribution in [0, 0.1) is 11.6 Å². The molecule has 0 heterocycles. The third-order valence-electron chi connectivity index (χ3n) is 3.17. The summed E-state index contributed by atoms with van der Waals surface area (Å²) in [6.45, 7) is 1.66. The quantitative estimate of drug-likeness (QED) is 0.905. The van der Waals surface area contributed by atoms with Crippen molar-refractivity contribution in [1.29, 1.82) is 0 Å². The van der Waals surface area contributed by atoms with Crippen molar-refractivity contribution in [2.24, 2.45) is 0 Å². The Morgan fingerprint density at radius 1 is 1.10 bits per heavy atom. The zero-order chi connectivity index (χ0) is 15.4. The second-order valence-corrected chi connectivity index (χ2v) is 4.66. The molecular formula is C16H16F2N2O. The minimum absolute atomic E-state index is 0.0251. The monoisotopic (exact) mass is 290 g/mol. The van der Waals surface area contributed by atoms with Crippen LogP contribution in [-0.2, 0) is 0 Å². The summed E-state index contributed by atoms with van der Waals surface area (Å²) in [4.78, 5) is 11.6. The van der Waals surface area contributed by atoms with Crippen LogP contribution in [0.15, 0.2) is 42.5 Å². The van der Waals surface area contributed by atoms with Gasteiger partial charge in [0.2, 0.25) is 0 Å². The largest absolute Gasteiger partial charge is 0.378 e. The lowest BCUT2D eigenvalue weighted by Gasteiger charge is -2.17. The minimum atomic E-state index is -0.600. The number of hydrogen-bond acceptors (Lipinski definition) is 2. The molecule has 21 heavy (non-hydrogen) atoms. The van der Waals surface area contributed by atoms with E-state index in [0.29, 0.717) is 11.3 Å². The average molecular weight is 290 g/mol. The number of amides is 1. The van der Waals surface area contributed by atoms with E-state index in [2.05, 4.69) is 10.6 Å². The molecular weight excluding hydrogens is 274 g/mol. The van der Waals surface area contributed by atoms with Crippen LogP contribution in [0.25, 0.3) is 0 Å². The molecule has 1 atom stereocenters. The van der Waals surface area contributed by atoms with Gasteiger partial charge in [-0.25, -0.2) is 8.78 Å². The van der Waals surface area contributed by atoms with Crippen molar-refractivity contribution in [3.63, 3.8) is 0 Å². The summed E-state index contributed by atoms with van der Waals surface area (Å²) in [6, 6.07) is 9.94. The fourth-order valence-corrected chi connectivity index (χ4v) is 2.14. The van der Waals surface area contributed by atoms with E-state index in [0.717, 1.165) is 0 Å². The molecule has 1 amide bonds. The lowest BCUT2D eigenvalue weighted by Crippen LogP contribution is -2.18. The molecule has 0 aromatic heterocycles. The minimum Gasteiger partial charge on any atom is -0.378 e. The first kappa shape index (κ1) is 15.0. The van der Waals surface area contributed by atoms with Crippen molar-refractivity contribution in [2.75, 3.05) is 12.4 Å². The van der Waals surface area contributed by atoms with Crippen LogP contribution >= 0.6 is 0 Å². The zero-order valence-electron chi connectivity index (χ0n) is 11.8. The third kappa shape index (κ3) is 3.37. The van der Waals surface area contributed by atoms with Gasteiger partial charge in [-0.2, -0.15) is 0 Å². The Bertz CT molecular complexity index is 638. The zero-order valence-corrected chi connectivity index (χ0v) is 11.8. The van der Waals surface area contributed by atoms with Gasteiger partial charge in [0.25, 0.3) is 5.91 Å². The van der Waals surface area contributed by atoms with E-state index in [-0.39, 0.29) is 11.5 Å². The molecule has 0 fully saturated rings. The highest BCUT2D eigenvalue weighted by atomic mass is 19.1. The fourth-order valence-electron chi connectivity index (χ4n) is 2.14. The van der Waals surface area contributed by atoms with Crippen LogP contribution in [0.3, 0.4) is 0 Å². The topological polar surface area (TPSA) is 41.1 Å². The summed E-state index contributed by atoms with van der Waals surface area (Å²) < 4.78 is 27.4. The number of carbonyl (C=O) groups excluding carboxylic acids is 1. The van der Waals surface area contributed by atoms with Crippen molar-refractivity contribution in [3.8, 4) is 0 Å². The number of carbonyl (C=O) groups is 1. The van der Waals surface area contributed by atoms with E-state index < -0.39 is 17.7 Å². The molecule has 2 aromatic rings. The maximum absolute atomic E-state index is 13.7. The summed E-state index contributed by atoms with van der Waals surface area (Å²) in [6.07, 6.45) is 0. The molecule has 0 saturated carbocycles. The van der Waals surface area contributed by atoms with E-state index in [1.807, 2.05) is 0 Å². The normalized spacial score (nSPS) is 11.8. The second kappa shape index (κ2) is 6.35. The van der Waals surface area contributed by atoms with Gasteiger partial charge in [-0.3, -0.25) is 4.79 Å². The van der Waals surface area contributed by atoms with Gasteiger partial charge in [0.15, 0.2) is 0 Å². The van der Waals surface area contributed by atoms with Gasteiger partial charge in [-0.15, -0.1) is 0 Å². The smallest absolute Gasteiger partial charge is 0.251 e. The highest BCUT2D eigenvalue weighted by Crippen LogP contribution is 2.24. The second-order valence-electron chi connectivity index (χ2n) is 4.66. The molecule has 3 nitrogen and oxygen atoms in total. The van der Waals surface area contributed by atoms with Crippen LogP contribution in [-0.4, -0.2) is 13.0 Å². The molecule has 0 saturated heterocycles. The van der Waals surface area contributed by atoms with Crippen molar-refractivity contribution in [2.45, 2.75) is 13.0 Å². The van der Waals surface area contributed by atoms with Gasteiger partial charge in [0.05, 0.1) is 6.04 Å². The number of hydrogen-bond donors (Lipinski definition) is 2. The fraction of sp³-hybridized carbons (Fsp3) is 0.188. The van der Waals surface area contributed by atoms with Crippen LogP contribution in [0.5, 0.6) is 0 Å². The van der Waals surface area contributed by atoms with Gasteiger partial charge >= 0.3 is 0 Å². The first-order chi connectivity index (χ1) is 10.0. The van der Waals surface area contributed by atoms with E-state index in [1.54, 1.807) is 38.2 Å². The van der Waals surface area contributed by atoms with Gasteiger partial charge in [0, 0.05) is 23.9 Å². The predicted molar refractivity (Wildman–Crippen MR) is 78.2 cm³/mol. The number of benzene rings is 2. The molecule has 0 radical (unpaired) electrons. The first-order valence-electron chi connectivity index (χ1n) is 6.55. The third-order valence-corrected chi connectivity index (χ3v) is 3.17. The molecule has 0 aliphatic carbocycles. The Morgan fingerprint density at radius 2 is 1.71 bits per heavy atom. The first-order valence-corrected chi connectivity index (χ1v) is 6.55. The lowest BCUT2D eigenvalue weighted by molar-refractivity contribution is 0.0963. The average Bonchev–Trinajstić information content (AvgIpc) is 2.46. The summed E-state index contributed by atoms with van der Waals surface area (Å²) in [7, 11) is 1.54. The Labute approximate surface area is 122 Å². The van der Waals surface area contributed by atoms with Crippen molar-refractivity contribution in [3.05, 3.63) is 65.2 Å². The summed E-state index contributed by atoms with van der Waals surface area (Å²) >= 11 is 0. The van der Waals surface area contributed by atoms with Crippen LogP contribution < -0.4 is 10.6 Å². The van der Waals surface area contributed by atoms with Crippen molar-refractivity contribution >= 4 is 11.6 Å². The number of halogens is 2. The van der Waals surface area contributed by atoms with Gasteiger partial charge in [-0.05, 0) is 37.3 Å². The predicted octanol–water partition coefficient (Wildman–Crippen LogP) is 3.50. The molecule has 5 heteroatoms. The Kier molecular flexibility index (Phi) is 4.52. The molecule has 2 aromatic carbocycles. The van der Waals surface area contributed by atoms with E-state index in [4.69, 9.17) is 0 Å². The Morgan fingerprint density at radius 3 is 2.33 bits per heavy atom. The van der Waals surface area contributed by atoms with Crippen LogP contribution in [0.2, 0.25) is 0 Å². The molecule has 110 valence electrons. The Hall–Kier alpha value is -2.43. The van der Waals surface area contributed by atoms with E-state index in [9.17, 15) is 13.6 Å². The summed E-state index contributed by atoms with van der Waals surface area (Å²) in [5.41, 5.74) is 1.07. The van der Waals surface area contributed by atoms with Crippen molar-refractivity contribution in [1.82, 2.24) is 5.32 Å². The van der Waals surface area contributed by atoms with Gasteiger partial charge < -0.3 is 10.6 Å². The molecule has 0 aliphatic heterocycles. The van der Waals surface area contributed by atoms with Gasteiger partial charge in [-0.1, -0.05) is 12.1 Å². The number of nitrogens with one attached hydrogen (secondary N) is 2. The molecule has 0 spiro atoms.